The molecule has 19 heavy (non-hydrogen) atoms. The molecule has 4 nitrogen and oxygen atoms in total. The Balaban J connectivity index is 1.94. The number of fused-ring (bicyclic) bond motifs is 7. The van der Waals surface area contributed by atoms with Gasteiger partial charge in [0.1, 0.15) is 0 Å². The first-order chi connectivity index (χ1) is 9.42. The summed E-state index contributed by atoms with van der Waals surface area (Å²) in [5.74, 6) is 0. The van der Waals surface area contributed by atoms with E-state index in [1.54, 1.807) is 11.3 Å². The topological polar surface area (TPSA) is 42.8 Å². The molecule has 5 rings (SSSR count). The highest BCUT2D eigenvalue weighted by Gasteiger charge is 2.36. The third-order valence-corrected chi connectivity index (χ3v) is 4.59. The highest BCUT2D eigenvalue weighted by Crippen LogP contribution is 2.37. The Hall–Kier alpha value is -2.27. The van der Waals surface area contributed by atoms with Gasteiger partial charge in [-0.25, -0.2) is 9.97 Å². The maximum atomic E-state index is 5.87. The summed E-state index contributed by atoms with van der Waals surface area (Å²) in [4.78, 5) is 9.87. The van der Waals surface area contributed by atoms with E-state index >= 15 is 0 Å². The minimum absolute atomic E-state index is 0.850. The van der Waals surface area contributed by atoms with Crippen LogP contribution in [0.5, 0.6) is 0 Å². The van der Waals surface area contributed by atoms with Crippen LogP contribution in [0.1, 0.15) is 5.56 Å². The average Bonchev–Trinajstić information content (AvgIpc) is 3.05. The van der Waals surface area contributed by atoms with Crippen molar-refractivity contribution >= 4 is 32.8 Å². The van der Waals surface area contributed by atoms with Crippen molar-refractivity contribution in [3.8, 4) is 10.7 Å². The van der Waals surface area contributed by atoms with Crippen molar-refractivity contribution < 1.29 is 8.98 Å². The number of nitrogens with zero attached hydrogens (tertiary/aromatic N) is 3. The van der Waals surface area contributed by atoms with E-state index in [9.17, 15) is 0 Å². The molecule has 1 aliphatic heterocycles. The van der Waals surface area contributed by atoms with E-state index in [2.05, 4.69) is 20.6 Å². The van der Waals surface area contributed by atoms with E-state index in [0.29, 0.717) is 0 Å². The molecule has 0 aromatic carbocycles. The van der Waals surface area contributed by atoms with Crippen LogP contribution in [0.2, 0.25) is 0 Å². The fourth-order valence-corrected chi connectivity index (χ4v) is 3.86. The normalized spacial score (nSPS) is 13.1. The SMILES string of the molecule is c1cnc2c(c1)C[n+]1c-2sc2oc3cccnc3c21. The number of rotatable bonds is 0. The summed E-state index contributed by atoms with van der Waals surface area (Å²) in [7, 11) is 0. The standard InChI is InChI=1S/C14H8N3OS/c1-3-8-7-17-12-11-9(4-2-6-16-11)18-14(12)19-13(17)10(8)15-5-1/h1-6H,7H2/q+1. The summed E-state index contributed by atoms with van der Waals surface area (Å²) in [5.41, 5.74) is 5.22. The van der Waals surface area contributed by atoms with Crippen LogP contribution in [-0.4, -0.2) is 9.97 Å². The van der Waals surface area contributed by atoms with Gasteiger partial charge in [-0.2, -0.15) is 4.57 Å². The lowest BCUT2D eigenvalue weighted by atomic mass is 10.2. The fourth-order valence-electron chi connectivity index (χ4n) is 2.70. The van der Waals surface area contributed by atoms with E-state index in [0.717, 1.165) is 38.8 Å². The fraction of sp³-hybridized carbons (Fsp3) is 0.0714. The molecule has 90 valence electrons. The average molecular weight is 266 g/mol. The number of pyridine rings is 2. The van der Waals surface area contributed by atoms with Crippen molar-refractivity contribution in [3.05, 3.63) is 42.2 Å². The lowest BCUT2D eigenvalue weighted by Gasteiger charge is -1.88. The molecule has 0 aliphatic carbocycles. The van der Waals surface area contributed by atoms with Gasteiger partial charge in [-0.1, -0.05) is 0 Å². The molecule has 0 unspecified atom stereocenters. The lowest BCUT2D eigenvalue weighted by Crippen LogP contribution is -2.30. The van der Waals surface area contributed by atoms with Gasteiger partial charge in [0.2, 0.25) is 0 Å². The third kappa shape index (κ3) is 1.11. The number of thiazole rings is 1. The van der Waals surface area contributed by atoms with Crippen molar-refractivity contribution in [2.75, 3.05) is 0 Å². The maximum absolute atomic E-state index is 5.87. The van der Waals surface area contributed by atoms with Gasteiger partial charge >= 0.3 is 0 Å². The quantitative estimate of drug-likeness (QED) is 0.405. The molecule has 5 heteroatoms. The summed E-state index contributed by atoms with van der Waals surface area (Å²) in [5, 5.41) is 1.16. The Labute approximate surface area is 112 Å². The Morgan fingerprint density at radius 1 is 1.16 bits per heavy atom. The number of hydrogen-bond donors (Lipinski definition) is 0. The van der Waals surface area contributed by atoms with Crippen molar-refractivity contribution in [2.24, 2.45) is 0 Å². The van der Waals surface area contributed by atoms with E-state index in [1.165, 1.54) is 5.56 Å². The highest BCUT2D eigenvalue weighted by atomic mass is 32.1. The van der Waals surface area contributed by atoms with Gasteiger partial charge in [0, 0.05) is 12.4 Å². The molecule has 0 spiro atoms. The summed E-state index contributed by atoms with van der Waals surface area (Å²) in [6, 6.07) is 7.97. The van der Waals surface area contributed by atoms with Gasteiger partial charge in [-0.3, -0.25) is 0 Å². The second-order valence-electron chi connectivity index (χ2n) is 4.59. The first-order valence-corrected chi connectivity index (χ1v) is 6.87. The zero-order chi connectivity index (χ0) is 12.4. The number of hydrogen-bond acceptors (Lipinski definition) is 4. The van der Waals surface area contributed by atoms with Crippen molar-refractivity contribution in [1.82, 2.24) is 9.97 Å². The molecule has 0 N–H and O–H groups in total. The van der Waals surface area contributed by atoms with E-state index in [1.807, 2.05) is 30.6 Å². The van der Waals surface area contributed by atoms with Gasteiger partial charge < -0.3 is 4.42 Å². The Bertz CT molecular complexity index is 954. The van der Waals surface area contributed by atoms with Crippen LogP contribution >= 0.6 is 11.3 Å². The minimum atomic E-state index is 0.850. The number of furan rings is 1. The molecule has 0 saturated carbocycles. The van der Waals surface area contributed by atoms with Crippen LogP contribution in [0.3, 0.4) is 0 Å². The second-order valence-corrected chi connectivity index (χ2v) is 5.55. The van der Waals surface area contributed by atoms with Gasteiger partial charge in [-0.05, 0) is 35.6 Å². The molecule has 0 atom stereocenters. The van der Waals surface area contributed by atoms with Crippen molar-refractivity contribution in [1.29, 1.82) is 0 Å². The van der Waals surface area contributed by atoms with Crippen molar-refractivity contribution in [3.63, 3.8) is 0 Å². The van der Waals surface area contributed by atoms with E-state index < -0.39 is 0 Å². The maximum Gasteiger partial charge on any atom is 0.292 e. The monoisotopic (exact) mass is 266 g/mol. The predicted octanol–water partition coefficient (Wildman–Crippen LogP) is 2.75. The molecule has 0 saturated heterocycles. The van der Waals surface area contributed by atoms with Crippen LogP contribution < -0.4 is 4.57 Å². The summed E-state index contributed by atoms with van der Waals surface area (Å²) in [6.45, 7) is 0.851. The molecule has 4 aromatic rings. The summed E-state index contributed by atoms with van der Waals surface area (Å²) >= 11 is 1.65. The molecule has 1 aliphatic rings. The zero-order valence-electron chi connectivity index (χ0n) is 9.83. The lowest BCUT2D eigenvalue weighted by molar-refractivity contribution is -0.641. The van der Waals surface area contributed by atoms with Crippen LogP contribution in [0, 0.1) is 0 Å². The smallest absolute Gasteiger partial charge is 0.292 e. The molecule has 4 aromatic heterocycles. The zero-order valence-corrected chi connectivity index (χ0v) is 10.6. The van der Waals surface area contributed by atoms with Gasteiger partial charge in [0.05, 0.1) is 5.56 Å². The molecular weight excluding hydrogens is 258 g/mol. The molecule has 0 radical (unpaired) electrons. The van der Waals surface area contributed by atoms with Gasteiger partial charge in [0.15, 0.2) is 23.3 Å². The Kier molecular flexibility index (Phi) is 1.62. The van der Waals surface area contributed by atoms with E-state index in [-0.39, 0.29) is 0 Å². The predicted molar refractivity (Wildman–Crippen MR) is 71.9 cm³/mol. The second kappa shape index (κ2) is 3.19. The largest absolute Gasteiger partial charge is 0.437 e. The van der Waals surface area contributed by atoms with Gasteiger partial charge in [0.25, 0.3) is 15.4 Å². The van der Waals surface area contributed by atoms with Gasteiger partial charge in [-0.15, -0.1) is 0 Å². The molecule has 0 bridgehead atoms. The first-order valence-electron chi connectivity index (χ1n) is 6.06. The third-order valence-electron chi connectivity index (χ3n) is 3.52. The van der Waals surface area contributed by atoms with Crippen LogP contribution in [0.4, 0.5) is 0 Å². The first kappa shape index (κ1) is 9.63. The van der Waals surface area contributed by atoms with E-state index in [4.69, 9.17) is 4.42 Å². The summed E-state index contributed by atoms with van der Waals surface area (Å²) < 4.78 is 8.13. The molecule has 0 fully saturated rings. The summed E-state index contributed by atoms with van der Waals surface area (Å²) in [6.07, 6.45) is 3.65. The molecular formula is C14H8N3OS+. The Morgan fingerprint density at radius 2 is 2.05 bits per heavy atom. The van der Waals surface area contributed by atoms with Crippen LogP contribution in [0.25, 0.3) is 32.2 Å². The highest BCUT2D eigenvalue weighted by molar-refractivity contribution is 7.20. The Morgan fingerprint density at radius 3 is 3.05 bits per heavy atom. The van der Waals surface area contributed by atoms with Crippen LogP contribution in [-0.2, 0) is 6.54 Å². The van der Waals surface area contributed by atoms with Crippen LogP contribution in [0.15, 0.2) is 41.1 Å². The molecule has 5 heterocycles. The molecule has 0 amide bonds. The number of aromatic nitrogens is 3. The minimum Gasteiger partial charge on any atom is -0.437 e. The van der Waals surface area contributed by atoms with Crippen molar-refractivity contribution in [2.45, 2.75) is 6.54 Å².